The van der Waals surface area contributed by atoms with E-state index < -0.39 is 0 Å². The van der Waals surface area contributed by atoms with Crippen LogP contribution < -0.4 is 9.47 Å². The Morgan fingerprint density at radius 2 is 2.17 bits per heavy atom. The summed E-state index contributed by atoms with van der Waals surface area (Å²) >= 11 is 0. The summed E-state index contributed by atoms with van der Waals surface area (Å²) in [7, 11) is 1.52. The van der Waals surface area contributed by atoms with Gasteiger partial charge in [0.05, 0.1) is 7.11 Å². The van der Waals surface area contributed by atoms with Crippen LogP contribution in [0.1, 0.15) is 12.8 Å². The average molecular weight is 317 g/mol. The largest absolute Gasteiger partial charge is 0.474 e. The van der Waals surface area contributed by atoms with Crippen LogP contribution in [0.2, 0.25) is 0 Å². The van der Waals surface area contributed by atoms with Gasteiger partial charge in [0.2, 0.25) is 11.8 Å². The Labute approximate surface area is 134 Å². The lowest BCUT2D eigenvalue weighted by Crippen LogP contribution is -2.43. The molecule has 0 spiro atoms. The number of aromatic nitrogens is 4. The summed E-state index contributed by atoms with van der Waals surface area (Å²) in [5.41, 5.74) is 0. The van der Waals surface area contributed by atoms with Gasteiger partial charge in [-0.3, -0.25) is 9.48 Å². The molecule has 0 unspecified atom stereocenters. The molecule has 0 aliphatic carbocycles. The molecule has 23 heavy (non-hydrogen) atoms. The lowest BCUT2D eigenvalue weighted by Gasteiger charge is -2.31. The number of nitrogens with zero attached hydrogens (tertiary/aromatic N) is 5. The van der Waals surface area contributed by atoms with Gasteiger partial charge in [0.25, 0.3) is 0 Å². The van der Waals surface area contributed by atoms with Crippen molar-refractivity contribution in [1.29, 1.82) is 0 Å². The third-order valence-electron chi connectivity index (χ3n) is 3.73. The maximum absolute atomic E-state index is 12.2. The van der Waals surface area contributed by atoms with Crippen LogP contribution in [0.5, 0.6) is 11.9 Å². The second-order valence-electron chi connectivity index (χ2n) is 5.28. The van der Waals surface area contributed by atoms with Crippen LogP contribution >= 0.6 is 0 Å². The fourth-order valence-electron chi connectivity index (χ4n) is 2.52. The molecular weight excluding hydrogens is 298 g/mol. The molecule has 0 bridgehead atoms. The van der Waals surface area contributed by atoms with Gasteiger partial charge in [-0.2, -0.15) is 10.1 Å². The maximum atomic E-state index is 12.2. The Morgan fingerprint density at radius 1 is 1.35 bits per heavy atom. The lowest BCUT2D eigenvalue weighted by molar-refractivity contribution is -0.133. The van der Waals surface area contributed by atoms with Crippen LogP contribution in [0.3, 0.4) is 0 Å². The van der Waals surface area contributed by atoms with Crippen molar-refractivity contribution in [3.8, 4) is 11.9 Å². The van der Waals surface area contributed by atoms with E-state index in [0.717, 1.165) is 12.8 Å². The van der Waals surface area contributed by atoms with Crippen molar-refractivity contribution >= 4 is 5.91 Å². The van der Waals surface area contributed by atoms with Crippen molar-refractivity contribution in [2.45, 2.75) is 25.5 Å². The number of rotatable bonds is 5. The number of methoxy groups -OCH3 is 1. The molecule has 8 nitrogen and oxygen atoms in total. The number of carbonyl (C=O) groups excluding carboxylic acids is 1. The fraction of sp³-hybridized carbons (Fsp3) is 0.467. The van der Waals surface area contributed by atoms with E-state index in [1.807, 2.05) is 11.0 Å². The summed E-state index contributed by atoms with van der Waals surface area (Å²) in [4.78, 5) is 22.1. The number of carbonyl (C=O) groups is 1. The summed E-state index contributed by atoms with van der Waals surface area (Å²) in [6.07, 6.45) is 6.65. The summed E-state index contributed by atoms with van der Waals surface area (Å²) < 4.78 is 12.5. The van der Waals surface area contributed by atoms with Crippen LogP contribution in [0.4, 0.5) is 0 Å². The van der Waals surface area contributed by atoms with Gasteiger partial charge in [0.1, 0.15) is 12.6 Å². The highest BCUT2D eigenvalue weighted by atomic mass is 16.5. The van der Waals surface area contributed by atoms with Crippen molar-refractivity contribution in [3.63, 3.8) is 0 Å². The Bertz CT molecular complexity index is 638. The molecule has 8 heteroatoms. The molecular formula is C15H19N5O3. The lowest BCUT2D eigenvalue weighted by atomic mass is 10.1. The number of ether oxygens (including phenoxy) is 2. The van der Waals surface area contributed by atoms with Gasteiger partial charge >= 0.3 is 6.01 Å². The first kappa shape index (κ1) is 15.3. The highest BCUT2D eigenvalue weighted by Crippen LogP contribution is 2.18. The SMILES string of the molecule is COc1nccc(OC2CCN(C(=O)Cn3cccn3)CC2)n1. The first-order chi connectivity index (χ1) is 11.2. The monoisotopic (exact) mass is 317 g/mol. The predicted molar refractivity (Wildman–Crippen MR) is 81.0 cm³/mol. The topological polar surface area (TPSA) is 82.4 Å². The van der Waals surface area contributed by atoms with Gasteiger partial charge in [-0.1, -0.05) is 0 Å². The first-order valence-electron chi connectivity index (χ1n) is 7.53. The molecule has 3 rings (SSSR count). The molecule has 1 aliphatic rings. The van der Waals surface area contributed by atoms with Crippen LogP contribution in [-0.4, -0.2) is 56.9 Å². The quantitative estimate of drug-likeness (QED) is 0.809. The molecule has 2 aromatic heterocycles. The Balaban J connectivity index is 1.49. The van der Waals surface area contributed by atoms with Crippen LogP contribution in [0.25, 0.3) is 0 Å². The second kappa shape index (κ2) is 7.08. The summed E-state index contributed by atoms with van der Waals surface area (Å²) in [6.45, 7) is 1.63. The Morgan fingerprint density at radius 3 is 2.87 bits per heavy atom. The Hall–Kier alpha value is -2.64. The number of amides is 1. The molecule has 0 saturated carbocycles. The van der Waals surface area contributed by atoms with Crippen molar-refractivity contribution in [1.82, 2.24) is 24.6 Å². The number of likely N-dealkylation sites (tertiary alicyclic amines) is 1. The van der Waals surface area contributed by atoms with E-state index in [-0.39, 0.29) is 24.6 Å². The molecule has 2 aromatic rings. The van der Waals surface area contributed by atoms with Crippen LogP contribution in [0, 0.1) is 0 Å². The highest BCUT2D eigenvalue weighted by molar-refractivity contribution is 5.76. The van der Waals surface area contributed by atoms with Gasteiger partial charge in [-0.15, -0.1) is 0 Å². The van der Waals surface area contributed by atoms with Gasteiger partial charge in [-0.25, -0.2) is 4.98 Å². The maximum Gasteiger partial charge on any atom is 0.319 e. The molecule has 1 amide bonds. The standard InChI is InChI=1S/C15H19N5O3/c1-22-15-16-7-3-13(18-15)23-12-4-9-19(10-5-12)14(21)11-20-8-2-6-17-20/h2-3,6-8,12H,4-5,9-11H2,1H3. The molecule has 0 aromatic carbocycles. The molecule has 1 aliphatic heterocycles. The third kappa shape index (κ3) is 3.97. The smallest absolute Gasteiger partial charge is 0.319 e. The second-order valence-corrected chi connectivity index (χ2v) is 5.28. The van der Waals surface area contributed by atoms with Crippen LogP contribution in [0.15, 0.2) is 30.7 Å². The summed E-state index contributed by atoms with van der Waals surface area (Å²) in [6, 6.07) is 3.80. The van der Waals surface area contributed by atoms with Gasteiger partial charge < -0.3 is 14.4 Å². The van der Waals surface area contributed by atoms with Crippen molar-refractivity contribution in [2.24, 2.45) is 0 Å². The summed E-state index contributed by atoms with van der Waals surface area (Å²) in [5, 5.41) is 4.06. The zero-order valence-corrected chi connectivity index (χ0v) is 13.0. The van der Waals surface area contributed by atoms with Crippen molar-refractivity contribution in [3.05, 3.63) is 30.7 Å². The first-order valence-corrected chi connectivity index (χ1v) is 7.53. The third-order valence-corrected chi connectivity index (χ3v) is 3.73. The van der Waals surface area contributed by atoms with E-state index >= 15 is 0 Å². The number of piperidine rings is 1. The molecule has 0 N–H and O–H groups in total. The van der Waals surface area contributed by atoms with E-state index in [4.69, 9.17) is 9.47 Å². The van der Waals surface area contributed by atoms with E-state index in [2.05, 4.69) is 15.1 Å². The van der Waals surface area contributed by atoms with Gasteiger partial charge in [-0.05, 0) is 6.07 Å². The molecule has 1 fully saturated rings. The minimum absolute atomic E-state index is 0.0448. The molecule has 0 radical (unpaired) electrons. The van der Waals surface area contributed by atoms with Crippen molar-refractivity contribution in [2.75, 3.05) is 20.2 Å². The van der Waals surface area contributed by atoms with Gasteiger partial charge in [0, 0.05) is 50.6 Å². The van der Waals surface area contributed by atoms with E-state index in [0.29, 0.717) is 19.0 Å². The highest BCUT2D eigenvalue weighted by Gasteiger charge is 2.24. The minimum Gasteiger partial charge on any atom is -0.474 e. The van der Waals surface area contributed by atoms with Crippen LogP contribution in [-0.2, 0) is 11.3 Å². The molecule has 0 atom stereocenters. The minimum atomic E-state index is 0.0448. The van der Waals surface area contributed by atoms with Crippen molar-refractivity contribution < 1.29 is 14.3 Å². The number of hydrogen-bond donors (Lipinski definition) is 0. The average Bonchev–Trinajstić information content (AvgIpc) is 3.08. The van der Waals surface area contributed by atoms with E-state index in [9.17, 15) is 4.79 Å². The van der Waals surface area contributed by atoms with E-state index in [1.54, 1.807) is 29.3 Å². The molecule has 122 valence electrons. The summed E-state index contributed by atoms with van der Waals surface area (Å²) in [5.74, 6) is 0.578. The van der Waals surface area contributed by atoms with Gasteiger partial charge in [0.15, 0.2) is 0 Å². The molecule has 1 saturated heterocycles. The predicted octanol–water partition coefficient (Wildman–Crippen LogP) is 0.752. The zero-order valence-electron chi connectivity index (χ0n) is 13.0. The zero-order chi connectivity index (χ0) is 16.1. The normalized spacial score (nSPS) is 15.4. The Kier molecular flexibility index (Phi) is 4.70. The molecule has 3 heterocycles. The van der Waals surface area contributed by atoms with E-state index in [1.165, 1.54) is 7.11 Å². The fourth-order valence-corrected chi connectivity index (χ4v) is 2.52. The number of hydrogen-bond acceptors (Lipinski definition) is 6.